The van der Waals surface area contributed by atoms with Crippen LogP contribution in [0.2, 0.25) is 0 Å². The molecule has 2 aliphatic rings. The van der Waals surface area contributed by atoms with Crippen LogP contribution in [0.1, 0.15) is 66.4 Å². The van der Waals surface area contributed by atoms with Gasteiger partial charge >= 0.3 is 0 Å². The Morgan fingerprint density at radius 2 is 0.657 bits per heavy atom. The minimum atomic E-state index is -0.696. The van der Waals surface area contributed by atoms with E-state index in [2.05, 4.69) is 292 Å². The lowest BCUT2D eigenvalue weighted by atomic mass is 9.33. The van der Waals surface area contributed by atoms with Gasteiger partial charge in [0, 0.05) is 60.9 Å². The van der Waals surface area contributed by atoms with E-state index in [0.29, 0.717) is 22.5 Å². The van der Waals surface area contributed by atoms with Gasteiger partial charge in [-0.05, 0) is 153 Å². The summed E-state index contributed by atoms with van der Waals surface area (Å²) in [6, 6.07) is 94.9. The number of aromatic nitrogens is 1. The summed E-state index contributed by atoms with van der Waals surface area (Å²) in [5.74, 6) is 0. The van der Waals surface area contributed by atoms with Crippen molar-refractivity contribution in [3.63, 3.8) is 0 Å². The number of nitrogens with zero attached hydrogens (tertiary/aromatic N) is 3. The van der Waals surface area contributed by atoms with E-state index in [9.17, 15) is 11.0 Å². The largest absolute Gasteiger partial charge is 0.310 e. The fraction of sp³-hybridized carbons (Fsp3) is 0.0816. The molecule has 0 radical (unpaired) electrons. The van der Waals surface area contributed by atoms with E-state index < -0.39 is 43.0 Å². The first-order valence-corrected chi connectivity index (χ1v) is 35.1. The van der Waals surface area contributed by atoms with Crippen LogP contribution in [0.5, 0.6) is 0 Å². The van der Waals surface area contributed by atoms with Gasteiger partial charge in [-0.2, -0.15) is 0 Å². The highest BCUT2D eigenvalue weighted by Gasteiger charge is 2.47. The maximum absolute atomic E-state index is 9.80. The summed E-state index contributed by atoms with van der Waals surface area (Å²) in [6.45, 7) is 12.8. The number of fused-ring (bicyclic) bond motifs is 15. The zero-order valence-electron chi connectivity index (χ0n) is 67.5. The van der Waals surface area contributed by atoms with Crippen LogP contribution >= 0.6 is 0 Å². The summed E-state index contributed by atoms with van der Waals surface area (Å²) in [6.07, 6.45) is 0. The molecule has 2 aliphatic heterocycles. The van der Waals surface area contributed by atoms with Crippen LogP contribution in [0.15, 0.2) is 339 Å². The molecular weight excluding hydrogens is 1230 g/mol. The van der Waals surface area contributed by atoms with Crippen LogP contribution in [-0.4, -0.2) is 11.1 Å². The molecule has 4 heterocycles. The molecule has 0 unspecified atom stereocenters. The third-order valence-electron chi connectivity index (χ3n) is 21.2. The van der Waals surface area contributed by atoms with Crippen molar-refractivity contribution in [2.45, 2.75) is 52.4 Å². The number of para-hydroxylation sites is 2. The van der Waals surface area contributed by atoms with E-state index >= 15 is 0 Å². The van der Waals surface area contributed by atoms with Gasteiger partial charge in [0.2, 0.25) is 0 Å². The zero-order chi connectivity index (χ0) is 77.2. The summed E-state index contributed by atoms with van der Waals surface area (Å²) in [4.78, 5) is 4.91. The summed E-state index contributed by atoms with van der Waals surface area (Å²) in [7, 11) is 0. The predicted molar refractivity (Wildman–Crippen MR) is 438 cm³/mol. The number of rotatable bonds is 8. The minimum absolute atomic E-state index is 0.0541. The maximum Gasteiger partial charge on any atom is 0.252 e. The molecule has 0 saturated carbocycles. The van der Waals surface area contributed by atoms with Gasteiger partial charge < -0.3 is 14.2 Å². The van der Waals surface area contributed by atoms with Crippen molar-refractivity contribution in [3.05, 3.63) is 351 Å². The van der Waals surface area contributed by atoms with Crippen molar-refractivity contribution in [2.75, 3.05) is 9.80 Å². The molecule has 0 saturated heterocycles. The van der Waals surface area contributed by atoms with Crippen LogP contribution in [0.3, 0.4) is 0 Å². The van der Waals surface area contributed by atoms with E-state index in [0.717, 1.165) is 154 Å². The molecular formula is C98H74BN3. The van der Waals surface area contributed by atoms with Crippen LogP contribution in [0.25, 0.3) is 126 Å². The molecule has 19 rings (SSSR count). The Bertz CT molecular complexity index is 6720. The number of hydrogen-bond donors (Lipinski definition) is 0. The van der Waals surface area contributed by atoms with Crippen molar-refractivity contribution in [3.8, 4) is 66.8 Å². The Morgan fingerprint density at radius 1 is 0.284 bits per heavy atom. The average molecular weight is 1310 g/mol. The molecule has 4 heteroatoms. The Kier molecular flexibility index (Phi) is 11.9. The van der Waals surface area contributed by atoms with Gasteiger partial charge in [-0.3, -0.25) is 0 Å². The predicted octanol–water partition coefficient (Wildman–Crippen LogP) is 24.9. The topological polar surface area (TPSA) is 10.9 Å². The van der Waals surface area contributed by atoms with Crippen molar-refractivity contribution < 1.29 is 13.7 Å². The van der Waals surface area contributed by atoms with Crippen LogP contribution < -0.4 is 26.2 Å². The van der Waals surface area contributed by atoms with Gasteiger partial charge in [-0.25, -0.2) is 0 Å². The number of hydrogen-bond acceptors (Lipinski definition) is 2. The Balaban J connectivity index is 1.12. The molecule has 0 amide bonds. The normalized spacial score (nSPS) is 14.1. The lowest BCUT2D eigenvalue weighted by Crippen LogP contribution is -2.61. The quantitative estimate of drug-likeness (QED) is 0.140. The fourth-order valence-corrected chi connectivity index (χ4v) is 16.4. The SMILES string of the molecule is [2H]c1c([2H])c([2H])c(-c2ccc3c(c2)N(c2c(-c4ccccc4)cc(C(C)(C)C)cc2-c2ccccc2)c2cc4c(c5c2B3c2ccc(-c3c([2H])c([2H])c([2H])c([2H])c3[2H])cc2N5c2c(-c3ccccc3)cc(C(C)(C)C)cc2-c2ccccc2)c2cccc3c5ccccc5c5ccccc5c5ccccc5n4c32)c([2H])c1[2H]. The lowest BCUT2D eigenvalue weighted by molar-refractivity contribution is 0.590. The van der Waals surface area contributed by atoms with Gasteiger partial charge in [-0.15, -0.1) is 0 Å². The van der Waals surface area contributed by atoms with Crippen molar-refractivity contribution >= 4 is 117 Å². The monoisotopic (exact) mass is 1310 g/mol. The van der Waals surface area contributed by atoms with E-state index in [1.165, 1.54) is 0 Å². The summed E-state index contributed by atoms with van der Waals surface area (Å²) < 4.78 is 96.4. The van der Waals surface area contributed by atoms with E-state index in [-0.39, 0.29) is 46.1 Å². The molecule has 3 nitrogen and oxygen atoms in total. The second-order valence-electron chi connectivity index (χ2n) is 29.2. The van der Waals surface area contributed by atoms with E-state index in [1.54, 1.807) is 0 Å². The third kappa shape index (κ3) is 9.72. The summed E-state index contributed by atoms with van der Waals surface area (Å²) >= 11 is 0. The minimum Gasteiger partial charge on any atom is -0.310 e. The first-order chi connectivity index (χ1) is 54.1. The first kappa shape index (κ1) is 51.0. The summed E-state index contributed by atoms with van der Waals surface area (Å²) in [5.41, 5.74) is 20.0. The molecule has 0 N–H and O–H groups in total. The average Bonchev–Trinajstić information content (AvgIpc) is 1.27. The molecule has 17 aromatic rings. The first-order valence-electron chi connectivity index (χ1n) is 40.1. The van der Waals surface area contributed by atoms with E-state index in [4.69, 9.17) is 2.74 Å². The molecule has 0 atom stereocenters. The smallest absolute Gasteiger partial charge is 0.252 e. The van der Waals surface area contributed by atoms with Crippen molar-refractivity contribution in [1.29, 1.82) is 0 Å². The van der Waals surface area contributed by atoms with Crippen molar-refractivity contribution in [1.82, 2.24) is 4.40 Å². The highest BCUT2D eigenvalue weighted by atomic mass is 15.2. The summed E-state index contributed by atoms with van der Waals surface area (Å²) in [5, 5.41) is 8.16. The Hall–Kier alpha value is -12.2. The molecule has 0 fully saturated rings. The van der Waals surface area contributed by atoms with Crippen LogP contribution in [0.4, 0.5) is 34.1 Å². The molecule has 0 spiro atoms. The van der Waals surface area contributed by atoms with E-state index in [1.807, 2.05) is 42.5 Å². The highest BCUT2D eigenvalue weighted by molar-refractivity contribution is 7.00. The number of anilines is 6. The molecule has 0 aliphatic carbocycles. The maximum atomic E-state index is 9.80. The molecule has 484 valence electrons. The van der Waals surface area contributed by atoms with Gasteiger partial charge in [0.05, 0.1) is 47.3 Å². The van der Waals surface area contributed by atoms with Gasteiger partial charge in [-0.1, -0.05) is 332 Å². The lowest BCUT2D eigenvalue weighted by Gasteiger charge is -2.46. The Labute approximate surface area is 611 Å². The third-order valence-corrected chi connectivity index (χ3v) is 21.2. The van der Waals surface area contributed by atoms with Crippen LogP contribution in [-0.2, 0) is 10.8 Å². The van der Waals surface area contributed by atoms with Crippen LogP contribution in [0, 0.1) is 0 Å². The second kappa shape index (κ2) is 23.7. The van der Waals surface area contributed by atoms with Crippen molar-refractivity contribution in [2.24, 2.45) is 0 Å². The Morgan fingerprint density at radius 3 is 1.11 bits per heavy atom. The zero-order valence-corrected chi connectivity index (χ0v) is 57.5. The second-order valence-corrected chi connectivity index (χ2v) is 29.2. The molecule has 2 aromatic heterocycles. The molecule has 102 heavy (non-hydrogen) atoms. The van der Waals surface area contributed by atoms with Gasteiger partial charge in [0.25, 0.3) is 6.71 Å². The van der Waals surface area contributed by atoms with Gasteiger partial charge in [0.1, 0.15) is 0 Å². The number of benzene rings is 15. The van der Waals surface area contributed by atoms with Gasteiger partial charge in [0.15, 0.2) is 0 Å². The standard InChI is InChI=1S/C98H74BN3/c1-97(2,3)71-58-80(65-36-17-9-18-37-65)94(81(59-71)66-38-19-10-20-39-66)101-87-56-69(63-32-13-7-14-33-63)52-54-84(87)99-85-55-53-70(64-34-15-8-16-35-64)57-88(85)102(95-82(67-40-21-11-22-41-67)60-72(98(4,5)6)61-83(95)68-42-23-12-24-43-68)96-91-79-50-31-49-78-76-47-28-26-45-74(76)73-44-25-27-46-75(73)77-48-29-30-51-86(77)100(93(78)79)89(91)62-90(101)92(96)99/h7-62H,1-6H3/i7D,8D,13D,14D,15D,16D,32D,33D,34D,35D. The molecule has 0 bridgehead atoms. The molecule has 15 aromatic carbocycles. The highest BCUT2D eigenvalue weighted by Crippen LogP contribution is 2.58. The fourth-order valence-electron chi connectivity index (χ4n) is 16.4.